The van der Waals surface area contributed by atoms with Crippen LogP contribution in [0, 0.1) is 0 Å². The van der Waals surface area contributed by atoms with E-state index >= 15 is 0 Å². The van der Waals surface area contributed by atoms with Gasteiger partial charge >= 0.3 is 6.09 Å². The van der Waals surface area contributed by atoms with Crippen LogP contribution < -0.4 is 16.0 Å². The molecule has 0 spiro atoms. The van der Waals surface area contributed by atoms with E-state index in [1.807, 2.05) is 45.0 Å². The van der Waals surface area contributed by atoms with Crippen LogP contribution in [0.15, 0.2) is 29.3 Å². The van der Waals surface area contributed by atoms with Crippen LogP contribution in [0.5, 0.6) is 0 Å². The minimum absolute atomic E-state index is 0. The number of carbonyl (C=O) groups excluding carboxylic acids is 1. The van der Waals surface area contributed by atoms with E-state index in [4.69, 9.17) is 4.74 Å². The monoisotopic (exact) mass is 476 g/mol. The van der Waals surface area contributed by atoms with Gasteiger partial charge in [0, 0.05) is 25.8 Å². The molecule has 1 aromatic rings. The summed E-state index contributed by atoms with van der Waals surface area (Å²) in [6, 6.07) is 7.77. The number of aliphatic imine (C=N–C) groups is 1. The molecule has 0 bridgehead atoms. The number of anilines is 1. The molecule has 1 aromatic carbocycles. The highest BCUT2D eigenvalue weighted by molar-refractivity contribution is 14.0. The van der Waals surface area contributed by atoms with Crippen molar-refractivity contribution >= 4 is 41.7 Å². The second kappa shape index (κ2) is 12.8. The van der Waals surface area contributed by atoms with Crippen LogP contribution in [0.1, 0.15) is 46.1 Å². The standard InChI is InChI=1S/C19H32N4O2.HI/c1-6-7-13-21-17(20-5)22-14-12-15-8-10-16(11-9-15)23-18(24)25-19(2,3)4;/h8-11H,6-7,12-14H2,1-5H3,(H,23,24)(H2,20,21,22);1H. The fourth-order valence-corrected chi connectivity index (χ4v) is 2.11. The zero-order chi connectivity index (χ0) is 18.7. The third-order valence-electron chi connectivity index (χ3n) is 3.35. The number of benzene rings is 1. The van der Waals surface area contributed by atoms with Gasteiger partial charge in [-0.2, -0.15) is 0 Å². The predicted molar refractivity (Wildman–Crippen MR) is 120 cm³/mol. The third kappa shape index (κ3) is 11.2. The van der Waals surface area contributed by atoms with E-state index in [1.165, 1.54) is 5.56 Å². The lowest BCUT2D eigenvalue weighted by Gasteiger charge is -2.19. The molecular weight excluding hydrogens is 443 g/mol. The summed E-state index contributed by atoms with van der Waals surface area (Å²) in [7, 11) is 1.78. The molecule has 7 heteroatoms. The Labute approximate surface area is 174 Å². The number of carbonyl (C=O) groups is 1. The lowest BCUT2D eigenvalue weighted by Crippen LogP contribution is -2.38. The fourth-order valence-electron chi connectivity index (χ4n) is 2.11. The van der Waals surface area contributed by atoms with E-state index in [0.717, 1.165) is 44.0 Å². The Morgan fingerprint density at radius 2 is 1.73 bits per heavy atom. The van der Waals surface area contributed by atoms with Crippen LogP contribution in [0.2, 0.25) is 0 Å². The van der Waals surface area contributed by atoms with Crippen molar-refractivity contribution in [1.29, 1.82) is 0 Å². The molecule has 0 fully saturated rings. The number of hydrogen-bond donors (Lipinski definition) is 3. The van der Waals surface area contributed by atoms with Crippen molar-refractivity contribution in [1.82, 2.24) is 10.6 Å². The Bertz CT molecular complexity index is 554. The minimum Gasteiger partial charge on any atom is -0.444 e. The summed E-state index contributed by atoms with van der Waals surface area (Å²) >= 11 is 0. The number of halogens is 1. The van der Waals surface area contributed by atoms with Crippen molar-refractivity contribution < 1.29 is 9.53 Å². The van der Waals surface area contributed by atoms with Gasteiger partial charge in [0.1, 0.15) is 5.60 Å². The van der Waals surface area contributed by atoms with Gasteiger partial charge in [-0.05, 0) is 51.3 Å². The first-order chi connectivity index (χ1) is 11.8. The quantitative estimate of drug-likeness (QED) is 0.239. The van der Waals surface area contributed by atoms with Gasteiger partial charge in [-0.3, -0.25) is 10.3 Å². The van der Waals surface area contributed by atoms with Gasteiger partial charge in [-0.25, -0.2) is 4.79 Å². The zero-order valence-corrected chi connectivity index (χ0v) is 18.8. The number of amides is 1. The molecule has 0 radical (unpaired) electrons. The first kappa shape index (κ1) is 24.5. The Kier molecular flexibility index (Phi) is 12.0. The van der Waals surface area contributed by atoms with Gasteiger partial charge < -0.3 is 15.4 Å². The summed E-state index contributed by atoms with van der Waals surface area (Å²) in [5.74, 6) is 0.830. The molecule has 0 saturated heterocycles. The Morgan fingerprint density at radius 3 is 2.27 bits per heavy atom. The second-order valence-corrected chi connectivity index (χ2v) is 6.85. The van der Waals surface area contributed by atoms with Crippen molar-refractivity contribution in [3.8, 4) is 0 Å². The molecule has 0 aliphatic heterocycles. The highest BCUT2D eigenvalue weighted by atomic mass is 127. The lowest BCUT2D eigenvalue weighted by atomic mass is 10.1. The molecule has 0 aliphatic carbocycles. The molecule has 6 nitrogen and oxygen atoms in total. The Hall–Kier alpha value is -1.51. The van der Waals surface area contributed by atoms with Crippen LogP contribution in [0.3, 0.4) is 0 Å². The van der Waals surface area contributed by atoms with Crippen molar-refractivity contribution in [2.24, 2.45) is 4.99 Å². The Morgan fingerprint density at radius 1 is 1.12 bits per heavy atom. The molecule has 148 valence electrons. The van der Waals surface area contributed by atoms with E-state index in [1.54, 1.807) is 7.05 Å². The van der Waals surface area contributed by atoms with Crippen LogP contribution >= 0.6 is 24.0 Å². The van der Waals surface area contributed by atoms with Crippen molar-refractivity contribution in [3.63, 3.8) is 0 Å². The van der Waals surface area contributed by atoms with Gasteiger partial charge in [0.05, 0.1) is 0 Å². The number of unbranched alkanes of at least 4 members (excludes halogenated alkanes) is 1. The second-order valence-electron chi connectivity index (χ2n) is 6.85. The molecule has 0 aliphatic rings. The molecule has 0 atom stereocenters. The maximum Gasteiger partial charge on any atom is 0.412 e. The molecule has 0 heterocycles. The van der Waals surface area contributed by atoms with E-state index in [2.05, 4.69) is 27.9 Å². The summed E-state index contributed by atoms with van der Waals surface area (Å²) in [5, 5.41) is 9.31. The summed E-state index contributed by atoms with van der Waals surface area (Å²) in [5.41, 5.74) is 1.41. The predicted octanol–water partition coefficient (Wildman–Crippen LogP) is 4.16. The highest BCUT2D eigenvalue weighted by Gasteiger charge is 2.15. The van der Waals surface area contributed by atoms with Crippen LogP contribution in [-0.4, -0.2) is 37.8 Å². The SMILES string of the molecule is CCCCNC(=NC)NCCc1ccc(NC(=O)OC(C)(C)C)cc1.I. The van der Waals surface area contributed by atoms with Gasteiger partial charge in [-0.15, -0.1) is 24.0 Å². The Balaban J connectivity index is 0.00000625. The normalized spacial score (nSPS) is 11.3. The van der Waals surface area contributed by atoms with Gasteiger partial charge in [-0.1, -0.05) is 25.5 Å². The topological polar surface area (TPSA) is 74.8 Å². The first-order valence-corrected chi connectivity index (χ1v) is 8.87. The average molecular weight is 476 g/mol. The van der Waals surface area contributed by atoms with Gasteiger partial charge in [0.25, 0.3) is 0 Å². The summed E-state index contributed by atoms with van der Waals surface area (Å²) in [6.45, 7) is 9.42. The summed E-state index contributed by atoms with van der Waals surface area (Å²) in [4.78, 5) is 15.9. The molecule has 26 heavy (non-hydrogen) atoms. The molecule has 1 rings (SSSR count). The number of rotatable bonds is 7. The van der Waals surface area contributed by atoms with Crippen LogP contribution in [-0.2, 0) is 11.2 Å². The van der Waals surface area contributed by atoms with E-state index in [0.29, 0.717) is 0 Å². The van der Waals surface area contributed by atoms with Crippen LogP contribution in [0.25, 0.3) is 0 Å². The van der Waals surface area contributed by atoms with E-state index in [9.17, 15) is 4.79 Å². The number of nitrogens with zero attached hydrogens (tertiary/aromatic N) is 1. The maximum atomic E-state index is 11.7. The fraction of sp³-hybridized carbons (Fsp3) is 0.579. The molecule has 0 unspecified atom stereocenters. The van der Waals surface area contributed by atoms with Crippen molar-refractivity contribution in [3.05, 3.63) is 29.8 Å². The molecule has 1 amide bonds. The molecule has 3 N–H and O–H groups in total. The van der Waals surface area contributed by atoms with E-state index in [-0.39, 0.29) is 24.0 Å². The molecule has 0 saturated carbocycles. The molecular formula is C19H33IN4O2. The van der Waals surface area contributed by atoms with Crippen molar-refractivity contribution in [2.75, 3.05) is 25.5 Å². The average Bonchev–Trinajstić information content (AvgIpc) is 2.53. The number of ether oxygens (including phenoxy) is 1. The molecule has 0 aromatic heterocycles. The minimum atomic E-state index is -0.501. The summed E-state index contributed by atoms with van der Waals surface area (Å²) in [6.07, 6.45) is 2.73. The number of hydrogen-bond acceptors (Lipinski definition) is 3. The summed E-state index contributed by atoms with van der Waals surface area (Å²) < 4.78 is 5.24. The largest absolute Gasteiger partial charge is 0.444 e. The van der Waals surface area contributed by atoms with Gasteiger partial charge in [0.15, 0.2) is 5.96 Å². The maximum absolute atomic E-state index is 11.7. The van der Waals surface area contributed by atoms with E-state index < -0.39 is 11.7 Å². The number of guanidine groups is 1. The first-order valence-electron chi connectivity index (χ1n) is 8.87. The van der Waals surface area contributed by atoms with Crippen LogP contribution in [0.4, 0.5) is 10.5 Å². The van der Waals surface area contributed by atoms with Gasteiger partial charge in [0.2, 0.25) is 0 Å². The number of nitrogens with one attached hydrogen (secondary N) is 3. The van der Waals surface area contributed by atoms with Crippen molar-refractivity contribution in [2.45, 2.75) is 52.6 Å². The smallest absolute Gasteiger partial charge is 0.412 e. The zero-order valence-electron chi connectivity index (χ0n) is 16.5. The third-order valence-corrected chi connectivity index (χ3v) is 3.35. The highest BCUT2D eigenvalue weighted by Crippen LogP contribution is 2.13. The lowest BCUT2D eigenvalue weighted by molar-refractivity contribution is 0.0636.